The van der Waals surface area contributed by atoms with Crippen LogP contribution in [0.4, 0.5) is 0 Å². The summed E-state index contributed by atoms with van der Waals surface area (Å²) in [6.45, 7) is 3.09. The molecule has 1 aromatic heterocycles. The Morgan fingerprint density at radius 2 is 2.64 bits per heavy atom. The number of aromatic nitrogens is 2. The summed E-state index contributed by atoms with van der Waals surface area (Å²) in [6, 6.07) is 0.662. The Labute approximate surface area is 84.7 Å². The van der Waals surface area contributed by atoms with Crippen molar-refractivity contribution in [2.75, 3.05) is 13.1 Å². The Kier molecular flexibility index (Phi) is 3.16. The lowest BCUT2D eigenvalue weighted by molar-refractivity contribution is 0.524. The average molecular weight is 194 g/mol. The molecule has 1 fully saturated rings. The third-order valence-corrected chi connectivity index (χ3v) is 2.76. The SMILES string of the molecule is Cn1ccnc1CNCC1CCCN1. The van der Waals surface area contributed by atoms with Crippen LogP contribution in [0.3, 0.4) is 0 Å². The average Bonchev–Trinajstić information content (AvgIpc) is 2.78. The molecule has 4 nitrogen and oxygen atoms in total. The number of hydrogen-bond donors (Lipinski definition) is 2. The molecule has 0 spiro atoms. The molecule has 0 saturated carbocycles. The van der Waals surface area contributed by atoms with Gasteiger partial charge in [0.05, 0.1) is 6.54 Å². The van der Waals surface area contributed by atoms with Crippen LogP contribution in [0.1, 0.15) is 18.7 Å². The molecular weight excluding hydrogens is 176 g/mol. The number of imidazole rings is 1. The topological polar surface area (TPSA) is 41.9 Å². The van der Waals surface area contributed by atoms with Gasteiger partial charge in [0.2, 0.25) is 0 Å². The number of rotatable bonds is 4. The van der Waals surface area contributed by atoms with E-state index in [9.17, 15) is 0 Å². The second kappa shape index (κ2) is 4.57. The number of nitrogens with one attached hydrogen (secondary N) is 2. The molecular formula is C10H18N4. The molecule has 1 atom stereocenters. The summed E-state index contributed by atoms with van der Waals surface area (Å²) in [5.74, 6) is 1.10. The zero-order chi connectivity index (χ0) is 9.80. The zero-order valence-electron chi connectivity index (χ0n) is 8.66. The lowest BCUT2D eigenvalue weighted by Gasteiger charge is -2.10. The van der Waals surface area contributed by atoms with Crippen molar-refractivity contribution in [1.29, 1.82) is 0 Å². The molecule has 2 rings (SSSR count). The van der Waals surface area contributed by atoms with E-state index < -0.39 is 0 Å². The molecule has 78 valence electrons. The highest BCUT2D eigenvalue weighted by Gasteiger charge is 2.12. The van der Waals surface area contributed by atoms with Gasteiger partial charge in [0, 0.05) is 32.0 Å². The van der Waals surface area contributed by atoms with E-state index in [0.717, 1.165) is 18.9 Å². The van der Waals surface area contributed by atoms with Gasteiger partial charge in [-0.3, -0.25) is 0 Å². The van der Waals surface area contributed by atoms with Crippen LogP contribution in [0.25, 0.3) is 0 Å². The number of aryl methyl sites for hydroxylation is 1. The lowest BCUT2D eigenvalue weighted by Crippen LogP contribution is -2.34. The summed E-state index contributed by atoms with van der Waals surface area (Å²) in [5.41, 5.74) is 0. The van der Waals surface area contributed by atoms with E-state index in [0.29, 0.717) is 6.04 Å². The van der Waals surface area contributed by atoms with E-state index in [4.69, 9.17) is 0 Å². The molecule has 0 radical (unpaired) electrons. The highest BCUT2D eigenvalue weighted by atomic mass is 15.1. The standard InChI is InChI=1S/C10H18N4/c1-14-6-5-13-10(14)8-11-7-9-3-2-4-12-9/h5-6,9,11-12H,2-4,7-8H2,1H3. The van der Waals surface area contributed by atoms with Crippen LogP contribution in [0.5, 0.6) is 0 Å². The Morgan fingerprint density at radius 1 is 1.71 bits per heavy atom. The van der Waals surface area contributed by atoms with Crippen molar-refractivity contribution in [2.24, 2.45) is 7.05 Å². The summed E-state index contributed by atoms with van der Waals surface area (Å²) in [4.78, 5) is 4.26. The Balaban J connectivity index is 1.70. The Morgan fingerprint density at radius 3 is 3.29 bits per heavy atom. The van der Waals surface area contributed by atoms with Gasteiger partial charge < -0.3 is 15.2 Å². The van der Waals surface area contributed by atoms with Crippen molar-refractivity contribution < 1.29 is 0 Å². The lowest BCUT2D eigenvalue weighted by atomic mass is 10.2. The molecule has 1 aliphatic rings. The second-order valence-corrected chi connectivity index (χ2v) is 3.88. The van der Waals surface area contributed by atoms with Gasteiger partial charge in [-0.2, -0.15) is 0 Å². The smallest absolute Gasteiger partial charge is 0.122 e. The maximum absolute atomic E-state index is 4.26. The molecule has 2 N–H and O–H groups in total. The highest BCUT2D eigenvalue weighted by molar-refractivity contribution is 4.90. The molecule has 1 unspecified atom stereocenters. The van der Waals surface area contributed by atoms with Crippen molar-refractivity contribution >= 4 is 0 Å². The second-order valence-electron chi connectivity index (χ2n) is 3.88. The van der Waals surface area contributed by atoms with Crippen molar-refractivity contribution in [3.05, 3.63) is 18.2 Å². The van der Waals surface area contributed by atoms with E-state index in [1.807, 2.05) is 19.4 Å². The normalized spacial score (nSPS) is 21.6. The fourth-order valence-corrected chi connectivity index (χ4v) is 1.86. The zero-order valence-corrected chi connectivity index (χ0v) is 8.66. The minimum absolute atomic E-state index is 0.662. The van der Waals surface area contributed by atoms with Crippen LogP contribution in [0.15, 0.2) is 12.4 Å². The third-order valence-electron chi connectivity index (χ3n) is 2.76. The molecule has 1 aliphatic heterocycles. The van der Waals surface area contributed by atoms with Crippen LogP contribution in [-0.2, 0) is 13.6 Å². The van der Waals surface area contributed by atoms with Crippen LogP contribution in [-0.4, -0.2) is 28.7 Å². The minimum atomic E-state index is 0.662. The molecule has 1 saturated heterocycles. The molecule has 0 amide bonds. The highest BCUT2D eigenvalue weighted by Crippen LogP contribution is 2.03. The predicted molar refractivity (Wildman–Crippen MR) is 55.9 cm³/mol. The fourth-order valence-electron chi connectivity index (χ4n) is 1.86. The first-order valence-corrected chi connectivity index (χ1v) is 5.26. The summed E-state index contributed by atoms with van der Waals surface area (Å²) in [6.07, 6.45) is 6.43. The van der Waals surface area contributed by atoms with Crippen molar-refractivity contribution in [2.45, 2.75) is 25.4 Å². The quantitative estimate of drug-likeness (QED) is 0.722. The van der Waals surface area contributed by atoms with Gasteiger partial charge in [-0.25, -0.2) is 4.98 Å². The van der Waals surface area contributed by atoms with Crippen molar-refractivity contribution in [3.8, 4) is 0 Å². The van der Waals surface area contributed by atoms with Gasteiger partial charge in [0.25, 0.3) is 0 Å². The molecule has 2 heterocycles. The first kappa shape index (κ1) is 9.68. The largest absolute Gasteiger partial charge is 0.337 e. The van der Waals surface area contributed by atoms with Crippen LogP contribution < -0.4 is 10.6 Å². The first-order valence-electron chi connectivity index (χ1n) is 5.26. The van der Waals surface area contributed by atoms with Gasteiger partial charge in [-0.15, -0.1) is 0 Å². The number of nitrogens with zero attached hydrogens (tertiary/aromatic N) is 2. The van der Waals surface area contributed by atoms with E-state index in [2.05, 4.69) is 20.2 Å². The van der Waals surface area contributed by atoms with Crippen molar-refractivity contribution in [3.63, 3.8) is 0 Å². The molecule has 0 aliphatic carbocycles. The summed E-state index contributed by atoms with van der Waals surface area (Å²) in [7, 11) is 2.03. The van der Waals surface area contributed by atoms with Gasteiger partial charge in [0.1, 0.15) is 5.82 Å². The minimum Gasteiger partial charge on any atom is -0.337 e. The van der Waals surface area contributed by atoms with E-state index in [1.165, 1.54) is 19.4 Å². The monoisotopic (exact) mass is 194 g/mol. The summed E-state index contributed by atoms with van der Waals surface area (Å²) < 4.78 is 2.05. The van der Waals surface area contributed by atoms with Gasteiger partial charge in [0.15, 0.2) is 0 Å². The Hall–Kier alpha value is -0.870. The van der Waals surface area contributed by atoms with Crippen LogP contribution >= 0.6 is 0 Å². The van der Waals surface area contributed by atoms with Crippen molar-refractivity contribution in [1.82, 2.24) is 20.2 Å². The molecule has 4 heteroatoms. The fraction of sp³-hybridized carbons (Fsp3) is 0.700. The maximum atomic E-state index is 4.26. The number of hydrogen-bond acceptors (Lipinski definition) is 3. The Bertz CT molecular complexity index is 275. The first-order chi connectivity index (χ1) is 6.86. The molecule has 14 heavy (non-hydrogen) atoms. The molecule has 0 aromatic carbocycles. The van der Waals surface area contributed by atoms with E-state index in [-0.39, 0.29) is 0 Å². The van der Waals surface area contributed by atoms with Crippen LogP contribution in [0.2, 0.25) is 0 Å². The van der Waals surface area contributed by atoms with E-state index in [1.54, 1.807) is 0 Å². The summed E-state index contributed by atoms with van der Waals surface area (Å²) in [5, 5.41) is 6.89. The van der Waals surface area contributed by atoms with E-state index >= 15 is 0 Å². The molecule has 1 aromatic rings. The third kappa shape index (κ3) is 2.33. The molecule has 0 bridgehead atoms. The predicted octanol–water partition coefficient (Wildman–Crippen LogP) is 0.262. The van der Waals surface area contributed by atoms with Gasteiger partial charge in [-0.1, -0.05) is 0 Å². The van der Waals surface area contributed by atoms with Crippen LogP contribution in [0, 0.1) is 0 Å². The van der Waals surface area contributed by atoms with Gasteiger partial charge >= 0.3 is 0 Å². The van der Waals surface area contributed by atoms with Gasteiger partial charge in [-0.05, 0) is 19.4 Å². The maximum Gasteiger partial charge on any atom is 0.122 e. The summed E-state index contributed by atoms with van der Waals surface area (Å²) >= 11 is 0.